The van der Waals surface area contributed by atoms with Crippen molar-refractivity contribution < 1.29 is 17.8 Å². The number of anilines is 1. The molecule has 0 saturated carbocycles. The third-order valence-corrected chi connectivity index (χ3v) is 6.37. The number of nitrogens with one attached hydrogen (secondary N) is 2. The summed E-state index contributed by atoms with van der Waals surface area (Å²) >= 11 is 0. The number of hydrogen-bond acceptors (Lipinski definition) is 3. The Hall–Kier alpha value is -1.99. The highest BCUT2D eigenvalue weighted by molar-refractivity contribution is 7.89. The Morgan fingerprint density at radius 2 is 1.76 bits per heavy atom. The molecule has 3 rings (SSSR count). The van der Waals surface area contributed by atoms with E-state index in [1.807, 2.05) is 6.92 Å². The average molecular weight is 364 g/mol. The molecular formula is C18H23FN3O2S+. The Morgan fingerprint density at radius 3 is 2.36 bits per heavy atom. The molecule has 1 atom stereocenters. The Bertz CT molecular complexity index is 801. The number of H-pyrrole nitrogens is 1. The molecule has 25 heavy (non-hydrogen) atoms. The summed E-state index contributed by atoms with van der Waals surface area (Å²) in [6, 6.07) is 9.58. The third kappa shape index (κ3) is 4.16. The fourth-order valence-corrected chi connectivity index (χ4v) is 4.47. The number of aromatic amines is 1. The van der Waals surface area contributed by atoms with E-state index in [1.54, 1.807) is 28.6 Å². The molecule has 0 unspecified atom stereocenters. The van der Waals surface area contributed by atoms with Gasteiger partial charge in [-0.25, -0.2) is 17.8 Å². The topological polar surface area (TPSA) is 63.6 Å². The van der Waals surface area contributed by atoms with E-state index in [4.69, 9.17) is 0 Å². The number of rotatable bonds is 5. The number of pyridine rings is 1. The monoisotopic (exact) mass is 364 g/mol. The Labute approximate surface area is 147 Å². The van der Waals surface area contributed by atoms with Crippen molar-refractivity contribution in [3.63, 3.8) is 0 Å². The van der Waals surface area contributed by atoms with Gasteiger partial charge in [-0.05, 0) is 43.5 Å². The van der Waals surface area contributed by atoms with E-state index in [2.05, 4.69) is 10.3 Å². The second-order valence-electron chi connectivity index (χ2n) is 6.32. The number of benzene rings is 1. The summed E-state index contributed by atoms with van der Waals surface area (Å²) < 4.78 is 39.8. The van der Waals surface area contributed by atoms with E-state index >= 15 is 0 Å². The van der Waals surface area contributed by atoms with Crippen molar-refractivity contribution in [2.24, 2.45) is 0 Å². The van der Waals surface area contributed by atoms with Crippen LogP contribution in [0.2, 0.25) is 0 Å². The lowest BCUT2D eigenvalue weighted by molar-refractivity contribution is -0.364. The first-order valence-corrected chi connectivity index (χ1v) is 9.95. The molecule has 2 heterocycles. The predicted octanol–water partition coefficient (Wildman–Crippen LogP) is 2.99. The molecule has 7 heteroatoms. The van der Waals surface area contributed by atoms with Gasteiger partial charge in [-0.1, -0.05) is 18.6 Å². The van der Waals surface area contributed by atoms with E-state index in [-0.39, 0.29) is 16.8 Å². The lowest BCUT2D eigenvalue weighted by atomic mass is 10.1. The van der Waals surface area contributed by atoms with Crippen molar-refractivity contribution in [1.82, 2.24) is 4.31 Å². The maximum atomic E-state index is 13.0. The third-order valence-electron chi connectivity index (χ3n) is 4.48. The minimum absolute atomic E-state index is 0.0404. The van der Waals surface area contributed by atoms with Crippen LogP contribution in [0.1, 0.15) is 37.8 Å². The van der Waals surface area contributed by atoms with Crippen LogP contribution >= 0.6 is 0 Å². The van der Waals surface area contributed by atoms with Gasteiger partial charge in [-0.15, -0.1) is 0 Å². The highest BCUT2D eigenvalue weighted by atomic mass is 32.2. The van der Waals surface area contributed by atoms with Crippen molar-refractivity contribution in [3.8, 4) is 0 Å². The van der Waals surface area contributed by atoms with Crippen LogP contribution < -0.4 is 10.3 Å². The molecule has 0 spiro atoms. The van der Waals surface area contributed by atoms with E-state index in [9.17, 15) is 12.8 Å². The van der Waals surface area contributed by atoms with Gasteiger partial charge in [0.2, 0.25) is 10.0 Å². The van der Waals surface area contributed by atoms with Crippen molar-refractivity contribution in [3.05, 3.63) is 54.0 Å². The summed E-state index contributed by atoms with van der Waals surface area (Å²) in [6.45, 7) is 3.13. The Morgan fingerprint density at radius 1 is 1.08 bits per heavy atom. The first-order chi connectivity index (χ1) is 12.0. The summed E-state index contributed by atoms with van der Waals surface area (Å²) in [5.41, 5.74) is 0.944. The predicted molar refractivity (Wildman–Crippen MR) is 94.0 cm³/mol. The van der Waals surface area contributed by atoms with Gasteiger partial charge in [0.05, 0.1) is 0 Å². The SMILES string of the molecule is C[C@H](Nc1ccc(S(=O)(=O)N2CCCCC2)c[nH+]1)c1ccc(F)cc1. The van der Waals surface area contributed by atoms with Gasteiger partial charge < -0.3 is 0 Å². The van der Waals surface area contributed by atoms with E-state index in [1.165, 1.54) is 18.3 Å². The summed E-state index contributed by atoms with van der Waals surface area (Å²) in [5, 5.41) is 3.25. The number of piperidine rings is 1. The number of halogens is 1. The van der Waals surface area contributed by atoms with E-state index in [0.717, 1.165) is 24.8 Å². The number of hydrogen-bond donors (Lipinski definition) is 1. The zero-order valence-corrected chi connectivity index (χ0v) is 15.0. The van der Waals surface area contributed by atoms with Gasteiger partial charge in [0.1, 0.15) is 23.0 Å². The molecular weight excluding hydrogens is 341 g/mol. The lowest BCUT2D eigenvalue weighted by Gasteiger charge is -2.25. The second-order valence-corrected chi connectivity index (χ2v) is 8.26. The van der Waals surface area contributed by atoms with E-state index in [0.29, 0.717) is 18.9 Å². The molecule has 1 saturated heterocycles. The smallest absolute Gasteiger partial charge is 0.268 e. The number of sulfonamides is 1. The van der Waals surface area contributed by atoms with Crippen molar-refractivity contribution in [2.45, 2.75) is 37.1 Å². The van der Waals surface area contributed by atoms with E-state index < -0.39 is 10.0 Å². The number of aromatic nitrogens is 1. The molecule has 0 aliphatic carbocycles. The second kappa shape index (κ2) is 7.49. The minimum atomic E-state index is -3.43. The summed E-state index contributed by atoms with van der Waals surface area (Å²) in [6.07, 6.45) is 4.43. The van der Waals surface area contributed by atoms with Crippen LogP contribution in [-0.4, -0.2) is 25.8 Å². The molecule has 2 aromatic rings. The lowest BCUT2D eigenvalue weighted by Crippen LogP contribution is -2.36. The van der Waals surface area contributed by atoms with Gasteiger partial charge in [-0.3, -0.25) is 5.32 Å². The molecule has 1 aliphatic heterocycles. The minimum Gasteiger partial charge on any atom is -0.268 e. The van der Waals surface area contributed by atoms with Gasteiger partial charge in [-0.2, -0.15) is 4.31 Å². The molecule has 5 nitrogen and oxygen atoms in total. The van der Waals surface area contributed by atoms with Crippen LogP contribution in [0.5, 0.6) is 0 Å². The maximum Gasteiger partial charge on any atom is 0.272 e. The summed E-state index contributed by atoms with van der Waals surface area (Å²) in [5.74, 6) is 0.434. The standard InChI is InChI=1S/C18H22FN3O2S/c1-14(15-5-7-16(19)8-6-15)21-18-10-9-17(13-20-18)25(23,24)22-11-3-2-4-12-22/h5-10,13-14H,2-4,11-12H2,1H3,(H,20,21)/p+1/t14-/m0/s1. The highest BCUT2D eigenvalue weighted by Crippen LogP contribution is 2.21. The fraction of sp³-hybridized carbons (Fsp3) is 0.389. The average Bonchev–Trinajstić information content (AvgIpc) is 2.63. The van der Waals surface area contributed by atoms with Crippen LogP contribution in [0.4, 0.5) is 10.2 Å². The quantitative estimate of drug-likeness (QED) is 0.887. The molecule has 0 radical (unpaired) electrons. The molecule has 0 bridgehead atoms. The molecule has 134 valence electrons. The zero-order valence-electron chi connectivity index (χ0n) is 14.2. The largest absolute Gasteiger partial charge is 0.272 e. The van der Waals surface area contributed by atoms with Crippen LogP contribution in [0.25, 0.3) is 0 Å². The highest BCUT2D eigenvalue weighted by Gasteiger charge is 2.27. The Balaban J connectivity index is 1.70. The van der Waals surface area contributed by atoms with Gasteiger partial charge in [0.15, 0.2) is 0 Å². The zero-order chi connectivity index (χ0) is 17.9. The normalized spacial score (nSPS) is 17.2. The van der Waals surface area contributed by atoms with Crippen molar-refractivity contribution in [2.75, 3.05) is 18.4 Å². The van der Waals surface area contributed by atoms with Crippen LogP contribution in [0, 0.1) is 5.82 Å². The van der Waals surface area contributed by atoms with Gasteiger partial charge in [0.25, 0.3) is 5.82 Å². The molecule has 1 aromatic carbocycles. The molecule has 1 fully saturated rings. The molecule has 1 aromatic heterocycles. The van der Waals surface area contributed by atoms with Crippen molar-refractivity contribution >= 4 is 15.8 Å². The molecule has 0 amide bonds. The van der Waals surface area contributed by atoms with Crippen LogP contribution in [0.3, 0.4) is 0 Å². The molecule has 1 aliphatic rings. The fourth-order valence-electron chi connectivity index (χ4n) is 2.98. The first kappa shape index (κ1) is 17.8. The van der Waals surface area contributed by atoms with Gasteiger partial charge in [0, 0.05) is 19.2 Å². The van der Waals surface area contributed by atoms with Gasteiger partial charge >= 0.3 is 0 Å². The maximum absolute atomic E-state index is 13.0. The van der Waals surface area contributed by atoms with Crippen LogP contribution in [-0.2, 0) is 10.0 Å². The Kier molecular flexibility index (Phi) is 5.34. The summed E-state index contributed by atoms with van der Waals surface area (Å²) in [7, 11) is -3.43. The first-order valence-electron chi connectivity index (χ1n) is 8.51. The number of nitrogens with zero attached hydrogens (tertiary/aromatic N) is 1. The van der Waals surface area contributed by atoms with Crippen LogP contribution in [0.15, 0.2) is 47.5 Å². The molecule has 2 N–H and O–H groups in total. The summed E-state index contributed by atoms with van der Waals surface area (Å²) in [4.78, 5) is 3.28. The van der Waals surface area contributed by atoms with Crippen molar-refractivity contribution in [1.29, 1.82) is 0 Å².